The molecule has 0 unspecified atom stereocenters. The lowest BCUT2D eigenvalue weighted by atomic mass is 10.2. The molecule has 1 amide bonds. The number of carbonyl (C=O) groups excluding carboxylic acids is 1. The Morgan fingerprint density at radius 2 is 1.69 bits per heavy atom. The van der Waals surface area contributed by atoms with Gasteiger partial charge in [0.25, 0.3) is 5.91 Å². The maximum atomic E-state index is 12.5. The van der Waals surface area contributed by atoms with Crippen molar-refractivity contribution < 1.29 is 13.9 Å². The van der Waals surface area contributed by atoms with E-state index in [1.807, 2.05) is 4.90 Å². The molecule has 8 nitrogen and oxygen atoms in total. The molecule has 1 N–H and O–H groups in total. The summed E-state index contributed by atoms with van der Waals surface area (Å²) in [5.74, 6) is 1.24. The van der Waals surface area contributed by atoms with Crippen molar-refractivity contribution in [1.29, 1.82) is 0 Å². The molecule has 0 bridgehead atoms. The van der Waals surface area contributed by atoms with Crippen molar-refractivity contribution in [3.05, 3.63) is 54.0 Å². The average molecular weight is 553 g/mol. The number of rotatable bonds is 5. The van der Waals surface area contributed by atoms with Gasteiger partial charge in [-0.1, -0.05) is 12.1 Å². The number of hydrogen-bond acceptors (Lipinski definition) is 5. The number of amides is 1. The van der Waals surface area contributed by atoms with E-state index < -0.39 is 0 Å². The summed E-state index contributed by atoms with van der Waals surface area (Å²) in [5.41, 5.74) is 2.42. The number of furan rings is 1. The van der Waals surface area contributed by atoms with E-state index in [0.717, 1.165) is 51.9 Å². The lowest BCUT2D eigenvalue weighted by Crippen LogP contribution is -2.53. The molecule has 174 valence electrons. The van der Waals surface area contributed by atoms with E-state index in [1.165, 1.54) is 17.5 Å². The van der Waals surface area contributed by atoms with Crippen molar-refractivity contribution in [2.24, 2.45) is 4.99 Å². The lowest BCUT2D eigenvalue weighted by molar-refractivity contribution is 0.0657. The minimum atomic E-state index is -0.0491. The fourth-order valence-corrected chi connectivity index (χ4v) is 3.90. The SMILES string of the molecule is CCNC(=NCc1ccc(N2CCOCC2)cc1)N1CCN(C(=O)c2ccco2)CC1.I. The standard InChI is InChI=1S/C23H31N5O3.HI/c1-2-24-23(28-11-9-27(10-12-28)22(29)21-4-3-15-31-21)25-18-19-5-7-20(8-6-19)26-13-16-30-17-14-26;/h3-8,15H,2,9-14,16-18H2,1H3,(H,24,25);1H. The molecule has 2 aromatic rings. The van der Waals surface area contributed by atoms with Crippen molar-refractivity contribution in [3.8, 4) is 0 Å². The normalized spacial score (nSPS) is 17.2. The highest BCUT2D eigenvalue weighted by molar-refractivity contribution is 14.0. The number of morpholine rings is 1. The van der Waals surface area contributed by atoms with Gasteiger partial charge in [-0.2, -0.15) is 0 Å². The second kappa shape index (κ2) is 12.1. The highest BCUT2D eigenvalue weighted by Gasteiger charge is 2.25. The van der Waals surface area contributed by atoms with Crippen LogP contribution in [-0.2, 0) is 11.3 Å². The Bertz CT molecular complexity index is 858. The highest BCUT2D eigenvalue weighted by Crippen LogP contribution is 2.17. The molecule has 2 fully saturated rings. The summed E-state index contributed by atoms with van der Waals surface area (Å²) in [7, 11) is 0. The molecular weight excluding hydrogens is 521 g/mol. The number of nitrogens with zero attached hydrogens (tertiary/aromatic N) is 4. The van der Waals surface area contributed by atoms with E-state index in [-0.39, 0.29) is 29.9 Å². The number of benzene rings is 1. The Kier molecular flexibility index (Phi) is 9.22. The van der Waals surface area contributed by atoms with Crippen molar-refractivity contribution >= 4 is 41.5 Å². The molecule has 4 rings (SSSR count). The molecule has 32 heavy (non-hydrogen) atoms. The Balaban J connectivity index is 0.00000289. The van der Waals surface area contributed by atoms with Crippen LogP contribution >= 0.6 is 24.0 Å². The first-order valence-electron chi connectivity index (χ1n) is 11.0. The highest BCUT2D eigenvalue weighted by atomic mass is 127. The van der Waals surface area contributed by atoms with Crippen LogP contribution in [0.4, 0.5) is 5.69 Å². The predicted octanol–water partition coefficient (Wildman–Crippen LogP) is 2.66. The van der Waals surface area contributed by atoms with Gasteiger partial charge in [0.1, 0.15) is 0 Å². The maximum Gasteiger partial charge on any atom is 0.289 e. The van der Waals surface area contributed by atoms with E-state index in [4.69, 9.17) is 14.1 Å². The molecule has 0 atom stereocenters. The first-order valence-corrected chi connectivity index (χ1v) is 11.0. The number of guanidine groups is 1. The molecule has 2 aliphatic rings. The summed E-state index contributed by atoms with van der Waals surface area (Å²) in [6.45, 7) is 9.75. The van der Waals surface area contributed by atoms with Crippen LogP contribution in [0.15, 0.2) is 52.1 Å². The maximum absolute atomic E-state index is 12.5. The number of anilines is 1. The summed E-state index contributed by atoms with van der Waals surface area (Å²) in [6, 6.07) is 12.1. The van der Waals surface area contributed by atoms with Crippen molar-refractivity contribution in [2.45, 2.75) is 13.5 Å². The number of ether oxygens (including phenoxy) is 1. The number of aliphatic imine (C=N–C) groups is 1. The molecule has 2 aliphatic heterocycles. The first-order chi connectivity index (χ1) is 15.2. The van der Waals surface area contributed by atoms with Crippen LogP contribution in [0, 0.1) is 0 Å². The summed E-state index contributed by atoms with van der Waals surface area (Å²) in [6.07, 6.45) is 1.53. The molecule has 2 saturated heterocycles. The second-order valence-electron chi connectivity index (χ2n) is 7.69. The zero-order valence-electron chi connectivity index (χ0n) is 18.5. The zero-order valence-corrected chi connectivity index (χ0v) is 20.9. The van der Waals surface area contributed by atoms with E-state index >= 15 is 0 Å². The Labute approximate surface area is 206 Å². The van der Waals surface area contributed by atoms with Gasteiger partial charge in [-0.05, 0) is 36.8 Å². The summed E-state index contributed by atoms with van der Waals surface area (Å²) >= 11 is 0. The smallest absolute Gasteiger partial charge is 0.289 e. The second-order valence-corrected chi connectivity index (χ2v) is 7.69. The number of carbonyl (C=O) groups is 1. The molecule has 1 aromatic heterocycles. The van der Waals surface area contributed by atoms with Crippen LogP contribution < -0.4 is 10.2 Å². The van der Waals surface area contributed by atoms with Gasteiger partial charge < -0.3 is 29.2 Å². The van der Waals surface area contributed by atoms with Crippen LogP contribution in [0.5, 0.6) is 0 Å². The topological polar surface area (TPSA) is 73.6 Å². The van der Waals surface area contributed by atoms with Crippen LogP contribution in [-0.4, -0.2) is 80.7 Å². The van der Waals surface area contributed by atoms with Gasteiger partial charge in [-0.15, -0.1) is 24.0 Å². The molecule has 0 radical (unpaired) electrons. The summed E-state index contributed by atoms with van der Waals surface area (Å²) in [5, 5.41) is 3.39. The molecule has 1 aromatic carbocycles. The average Bonchev–Trinajstić information content (AvgIpc) is 3.37. The third-order valence-electron chi connectivity index (χ3n) is 5.66. The number of piperazine rings is 1. The van der Waals surface area contributed by atoms with Gasteiger partial charge in [0.05, 0.1) is 26.0 Å². The molecule has 0 spiro atoms. The summed E-state index contributed by atoms with van der Waals surface area (Å²) < 4.78 is 10.7. The van der Waals surface area contributed by atoms with Gasteiger partial charge in [0.2, 0.25) is 0 Å². The minimum Gasteiger partial charge on any atom is -0.459 e. The fraction of sp³-hybridized carbons (Fsp3) is 0.478. The van der Waals surface area contributed by atoms with Crippen LogP contribution in [0.1, 0.15) is 23.0 Å². The van der Waals surface area contributed by atoms with Gasteiger partial charge in [-0.25, -0.2) is 4.99 Å². The van der Waals surface area contributed by atoms with Crippen LogP contribution in [0.2, 0.25) is 0 Å². The Morgan fingerprint density at radius 3 is 2.31 bits per heavy atom. The van der Waals surface area contributed by atoms with E-state index in [1.54, 1.807) is 12.1 Å². The van der Waals surface area contributed by atoms with E-state index in [9.17, 15) is 4.79 Å². The van der Waals surface area contributed by atoms with Gasteiger partial charge in [0.15, 0.2) is 11.7 Å². The lowest BCUT2D eigenvalue weighted by Gasteiger charge is -2.36. The van der Waals surface area contributed by atoms with Crippen molar-refractivity contribution in [3.63, 3.8) is 0 Å². The van der Waals surface area contributed by atoms with Gasteiger partial charge in [0, 0.05) is 51.5 Å². The van der Waals surface area contributed by atoms with Gasteiger partial charge in [-0.3, -0.25) is 4.79 Å². The largest absolute Gasteiger partial charge is 0.459 e. The molecule has 0 aliphatic carbocycles. The Hall–Kier alpha value is -2.27. The first kappa shape index (κ1) is 24.4. The van der Waals surface area contributed by atoms with Crippen LogP contribution in [0.25, 0.3) is 0 Å². The fourth-order valence-electron chi connectivity index (χ4n) is 3.90. The zero-order chi connectivity index (χ0) is 21.5. The number of halogens is 1. The summed E-state index contributed by atoms with van der Waals surface area (Å²) in [4.78, 5) is 23.7. The molecular formula is C23H32IN5O3. The van der Waals surface area contributed by atoms with E-state index in [2.05, 4.69) is 46.3 Å². The number of nitrogens with one attached hydrogen (secondary N) is 1. The predicted molar refractivity (Wildman–Crippen MR) is 136 cm³/mol. The van der Waals surface area contributed by atoms with Crippen molar-refractivity contribution in [2.75, 3.05) is 63.9 Å². The van der Waals surface area contributed by atoms with E-state index in [0.29, 0.717) is 25.4 Å². The molecule has 9 heteroatoms. The monoisotopic (exact) mass is 553 g/mol. The van der Waals surface area contributed by atoms with Crippen LogP contribution in [0.3, 0.4) is 0 Å². The third kappa shape index (κ3) is 6.16. The Morgan fingerprint density at radius 1 is 1.00 bits per heavy atom. The third-order valence-corrected chi connectivity index (χ3v) is 5.66. The molecule has 3 heterocycles. The quantitative estimate of drug-likeness (QED) is 0.349. The number of hydrogen-bond donors (Lipinski definition) is 1. The molecule has 0 saturated carbocycles. The van der Waals surface area contributed by atoms with Gasteiger partial charge >= 0.3 is 0 Å². The van der Waals surface area contributed by atoms with Crippen molar-refractivity contribution in [1.82, 2.24) is 15.1 Å². The minimum absolute atomic E-state index is 0.